The van der Waals surface area contributed by atoms with Crippen molar-refractivity contribution in [1.29, 1.82) is 5.26 Å². The average molecular weight is 234 g/mol. The molecule has 3 nitrogen and oxygen atoms in total. The highest BCUT2D eigenvalue weighted by atomic mass is 19.1. The van der Waals surface area contributed by atoms with E-state index in [1.807, 2.05) is 11.0 Å². The Kier molecular flexibility index (Phi) is 3.14. The first-order valence-electron chi connectivity index (χ1n) is 5.63. The topological polar surface area (TPSA) is 47.3 Å². The lowest BCUT2D eigenvalue weighted by atomic mass is 10.1. The zero-order valence-electron chi connectivity index (χ0n) is 9.78. The maximum atomic E-state index is 13.6. The summed E-state index contributed by atoms with van der Waals surface area (Å²) < 4.78 is 13.6. The molecular weight excluding hydrogens is 219 g/mol. The van der Waals surface area contributed by atoms with Gasteiger partial charge in [-0.05, 0) is 31.5 Å². The van der Waals surface area contributed by atoms with Crippen molar-refractivity contribution < 1.29 is 9.50 Å². The van der Waals surface area contributed by atoms with Crippen molar-refractivity contribution in [1.82, 2.24) is 4.90 Å². The van der Waals surface area contributed by atoms with E-state index in [2.05, 4.69) is 0 Å². The van der Waals surface area contributed by atoms with Crippen molar-refractivity contribution >= 4 is 0 Å². The minimum atomic E-state index is -0.677. The van der Waals surface area contributed by atoms with Gasteiger partial charge in [0.25, 0.3) is 0 Å². The van der Waals surface area contributed by atoms with Crippen molar-refractivity contribution in [3.8, 4) is 6.07 Å². The van der Waals surface area contributed by atoms with Crippen molar-refractivity contribution in [3.63, 3.8) is 0 Å². The normalized spacial score (nSPS) is 24.8. The van der Waals surface area contributed by atoms with E-state index in [-0.39, 0.29) is 5.82 Å². The summed E-state index contributed by atoms with van der Waals surface area (Å²) in [6.07, 6.45) is 0.701. The smallest absolute Gasteiger partial charge is 0.127 e. The number of aliphatic hydroxyl groups is 1. The van der Waals surface area contributed by atoms with E-state index in [0.29, 0.717) is 30.6 Å². The molecule has 0 saturated carbocycles. The molecule has 1 aliphatic rings. The van der Waals surface area contributed by atoms with Crippen LogP contribution in [0.4, 0.5) is 4.39 Å². The molecule has 1 unspecified atom stereocenters. The molecule has 1 aromatic rings. The molecule has 0 aromatic heterocycles. The number of benzene rings is 1. The van der Waals surface area contributed by atoms with Crippen LogP contribution in [0.1, 0.15) is 24.5 Å². The van der Waals surface area contributed by atoms with E-state index >= 15 is 0 Å². The Labute approximate surface area is 100 Å². The molecule has 0 bridgehead atoms. The van der Waals surface area contributed by atoms with Crippen LogP contribution in [0, 0.1) is 17.1 Å². The fourth-order valence-electron chi connectivity index (χ4n) is 2.18. The van der Waals surface area contributed by atoms with Gasteiger partial charge in [0.2, 0.25) is 0 Å². The molecule has 4 heteroatoms. The highest BCUT2D eigenvalue weighted by molar-refractivity contribution is 5.33. The Morgan fingerprint density at radius 3 is 2.94 bits per heavy atom. The molecule has 2 rings (SSSR count). The van der Waals surface area contributed by atoms with Crippen LogP contribution in [0.5, 0.6) is 0 Å². The van der Waals surface area contributed by atoms with E-state index in [9.17, 15) is 9.50 Å². The average Bonchev–Trinajstić information content (AvgIpc) is 2.61. The van der Waals surface area contributed by atoms with Crippen molar-refractivity contribution in [2.24, 2.45) is 0 Å². The summed E-state index contributed by atoms with van der Waals surface area (Å²) in [5, 5.41) is 18.6. The van der Waals surface area contributed by atoms with E-state index in [1.54, 1.807) is 13.0 Å². The molecule has 1 heterocycles. The Balaban J connectivity index is 2.12. The summed E-state index contributed by atoms with van der Waals surface area (Å²) in [6, 6.07) is 6.37. The van der Waals surface area contributed by atoms with Crippen LogP contribution in [0.2, 0.25) is 0 Å². The molecule has 1 aliphatic heterocycles. The van der Waals surface area contributed by atoms with Crippen molar-refractivity contribution in [2.75, 3.05) is 13.1 Å². The highest BCUT2D eigenvalue weighted by Crippen LogP contribution is 2.23. The number of nitriles is 1. The Hall–Kier alpha value is -1.44. The fraction of sp³-hybridized carbons (Fsp3) is 0.462. The number of hydrogen-bond donors (Lipinski definition) is 1. The third kappa shape index (κ3) is 2.82. The van der Waals surface area contributed by atoms with Crippen LogP contribution in [-0.2, 0) is 6.54 Å². The predicted octanol–water partition coefficient (Wildman–Crippen LogP) is 1.65. The standard InChI is InChI=1S/C13H15FN2O/c1-13(17)4-5-16(9-13)8-11-6-10(7-15)2-3-12(11)14/h2-3,6,17H,4-5,8-9H2,1H3. The number of halogens is 1. The lowest BCUT2D eigenvalue weighted by Crippen LogP contribution is -2.29. The molecule has 0 radical (unpaired) electrons. The summed E-state index contributed by atoms with van der Waals surface area (Å²) in [5.74, 6) is -0.296. The maximum absolute atomic E-state index is 13.6. The van der Waals surface area contributed by atoms with Crippen molar-refractivity contribution in [2.45, 2.75) is 25.5 Å². The second-order valence-electron chi connectivity index (χ2n) is 4.88. The minimum absolute atomic E-state index is 0.296. The molecule has 0 spiro atoms. The first-order chi connectivity index (χ1) is 8.00. The molecule has 1 saturated heterocycles. The van der Waals surface area contributed by atoms with E-state index in [0.717, 1.165) is 6.54 Å². The van der Waals surface area contributed by atoms with E-state index in [1.165, 1.54) is 12.1 Å². The lowest BCUT2D eigenvalue weighted by Gasteiger charge is -2.19. The van der Waals surface area contributed by atoms with Gasteiger partial charge in [-0.2, -0.15) is 5.26 Å². The maximum Gasteiger partial charge on any atom is 0.127 e. The van der Waals surface area contributed by atoms with Gasteiger partial charge in [0.1, 0.15) is 5.82 Å². The zero-order valence-corrected chi connectivity index (χ0v) is 9.78. The fourth-order valence-corrected chi connectivity index (χ4v) is 2.18. The largest absolute Gasteiger partial charge is 0.389 e. The summed E-state index contributed by atoms with van der Waals surface area (Å²) in [5.41, 5.74) is 0.303. The third-order valence-corrected chi connectivity index (χ3v) is 3.10. The monoisotopic (exact) mass is 234 g/mol. The Morgan fingerprint density at radius 2 is 2.35 bits per heavy atom. The highest BCUT2D eigenvalue weighted by Gasteiger charge is 2.31. The first kappa shape index (κ1) is 12.0. The van der Waals surface area contributed by atoms with Gasteiger partial charge in [0.05, 0.1) is 17.2 Å². The van der Waals surface area contributed by atoms with Gasteiger partial charge in [-0.25, -0.2) is 4.39 Å². The molecular formula is C13H15FN2O. The van der Waals surface area contributed by atoms with Gasteiger partial charge in [-0.3, -0.25) is 4.90 Å². The summed E-state index contributed by atoms with van der Waals surface area (Å²) in [6.45, 7) is 3.53. The number of rotatable bonds is 2. The molecule has 0 aliphatic carbocycles. The predicted molar refractivity (Wildman–Crippen MR) is 61.6 cm³/mol. The summed E-state index contributed by atoms with van der Waals surface area (Å²) >= 11 is 0. The van der Waals surface area contributed by atoms with Gasteiger partial charge < -0.3 is 5.11 Å². The number of nitrogens with zero attached hydrogens (tertiary/aromatic N) is 2. The van der Waals surface area contributed by atoms with Crippen LogP contribution >= 0.6 is 0 Å². The van der Waals surface area contributed by atoms with Gasteiger partial charge in [0.15, 0.2) is 0 Å². The Bertz CT molecular complexity index is 465. The number of likely N-dealkylation sites (tertiary alicyclic amines) is 1. The van der Waals surface area contributed by atoms with Crippen LogP contribution in [0.25, 0.3) is 0 Å². The van der Waals surface area contributed by atoms with Crippen molar-refractivity contribution in [3.05, 3.63) is 35.1 Å². The SMILES string of the molecule is CC1(O)CCN(Cc2cc(C#N)ccc2F)C1. The molecule has 1 N–H and O–H groups in total. The molecule has 17 heavy (non-hydrogen) atoms. The number of hydrogen-bond acceptors (Lipinski definition) is 3. The molecule has 1 atom stereocenters. The van der Waals surface area contributed by atoms with Gasteiger partial charge in [-0.1, -0.05) is 0 Å². The first-order valence-corrected chi connectivity index (χ1v) is 5.63. The zero-order chi connectivity index (χ0) is 12.5. The minimum Gasteiger partial charge on any atom is -0.389 e. The molecule has 90 valence electrons. The van der Waals surface area contributed by atoms with Gasteiger partial charge >= 0.3 is 0 Å². The van der Waals surface area contributed by atoms with Crippen LogP contribution in [0.15, 0.2) is 18.2 Å². The van der Waals surface area contributed by atoms with Crippen LogP contribution < -0.4 is 0 Å². The Morgan fingerprint density at radius 1 is 1.59 bits per heavy atom. The molecule has 1 aromatic carbocycles. The van der Waals surface area contributed by atoms with E-state index in [4.69, 9.17) is 5.26 Å². The lowest BCUT2D eigenvalue weighted by molar-refractivity contribution is 0.0677. The van der Waals surface area contributed by atoms with Gasteiger partial charge in [0, 0.05) is 25.2 Å². The third-order valence-electron chi connectivity index (χ3n) is 3.10. The van der Waals surface area contributed by atoms with Gasteiger partial charge in [-0.15, -0.1) is 0 Å². The quantitative estimate of drug-likeness (QED) is 0.846. The number of β-amino-alcohol motifs (C(OH)–C–C–N with tert-alkyl or cyclic N) is 1. The van der Waals surface area contributed by atoms with Crippen LogP contribution in [-0.4, -0.2) is 28.7 Å². The summed E-state index contributed by atoms with van der Waals surface area (Å²) in [4.78, 5) is 2.00. The molecule has 1 fully saturated rings. The second kappa shape index (κ2) is 4.44. The molecule has 0 amide bonds. The van der Waals surface area contributed by atoms with E-state index < -0.39 is 5.60 Å². The van der Waals surface area contributed by atoms with Crippen LogP contribution in [0.3, 0.4) is 0 Å². The second-order valence-corrected chi connectivity index (χ2v) is 4.88. The summed E-state index contributed by atoms with van der Waals surface area (Å²) in [7, 11) is 0.